The minimum atomic E-state index is -1.02. The zero-order valence-electron chi connectivity index (χ0n) is 7.90. The molecule has 0 amide bonds. The van der Waals surface area contributed by atoms with Crippen molar-refractivity contribution in [1.82, 2.24) is 0 Å². The van der Waals surface area contributed by atoms with Crippen LogP contribution in [0, 0.1) is 0 Å². The molecule has 74 valence electrons. The van der Waals surface area contributed by atoms with Crippen LogP contribution < -0.4 is 11.2 Å². The van der Waals surface area contributed by atoms with Gasteiger partial charge in [0.2, 0.25) is 0 Å². The van der Waals surface area contributed by atoms with Gasteiger partial charge in [0.1, 0.15) is 19.6 Å². The van der Waals surface area contributed by atoms with Gasteiger partial charge in [0.25, 0.3) is 0 Å². The molecular formula is C9H12BNO3. The van der Waals surface area contributed by atoms with E-state index in [4.69, 9.17) is 10.8 Å². The van der Waals surface area contributed by atoms with E-state index in [0.29, 0.717) is 0 Å². The largest absolute Gasteiger partial charge is 0.509 e. The third-order valence-electron chi connectivity index (χ3n) is 2.03. The lowest BCUT2D eigenvalue weighted by Gasteiger charge is -2.07. The fourth-order valence-corrected chi connectivity index (χ4v) is 1.19. The Morgan fingerprint density at radius 2 is 2.21 bits per heavy atom. The predicted octanol–water partition coefficient (Wildman–Crippen LogP) is -1.39. The number of carboxylic acids is 1. The predicted molar refractivity (Wildman–Crippen MR) is 55.6 cm³/mol. The summed E-state index contributed by atoms with van der Waals surface area (Å²) in [5.41, 5.74) is 6.91. The van der Waals surface area contributed by atoms with Crippen LogP contribution in [-0.4, -0.2) is 30.1 Å². The summed E-state index contributed by atoms with van der Waals surface area (Å²) in [5.74, 6) is -0.812. The number of hydrogen-bond acceptors (Lipinski definition) is 3. The highest BCUT2D eigenvalue weighted by atomic mass is 16.4. The van der Waals surface area contributed by atoms with Gasteiger partial charge >= 0.3 is 5.97 Å². The molecule has 0 aliphatic carbocycles. The first-order valence-electron chi connectivity index (χ1n) is 4.27. The number of phenolic OH excluding ortho intramolecular Hbond substituents is 1. The minimum Gasteiger partial charge on any atom is -0.509 e. The fourth-order valence-electron chi connectivity index (χ4n) is 1.19. The number of benzene rings is 1. The van der Waals surface area contributed by atoms with Gasteiger partial charge in [-0.3, -0.25) is 4.79 Å². The molecule has 0 aliphatic heterocycles. The SMILES string of the molecule is Bc1cc(CC(N)C(=O)O)ccc1O. The summed E-state index contributed by atoms with van der Waals surface area (Å²) < 4.78 is 0. The molecule has 1 unspecified atom stereocenters. The lowest BCUT2D eigenvalue weighted by molar-refractivity contribution is -0.138. The van der Waals surface area contributed by atoms with E-state index in [1.165, 1.54) is 0 Å². The highest BCUT2D eigenvalue weighted by Gasteiger charge is 2.12. The summed E-state index contributed by atoms with van der Waals surface area (Å²) in [6, 6.07) is 4.06. The zero-order valence-corrected chi connectivity index (χ0v) is 7.90. The van der Waals surface area contributed by atoms with Crippen molar-refractivity contribution in [2.24, 2.45) is 5.73 Å². The van der Waals surface area contributed by atoms with E-state index in [1.54, 1.807) is 26.0 Å². The average molecular weight is 193 g/mol. The summed E-state index contributed by atoms with van der Waals surface area (Å²) in [7, 11) is 1.76. The van der Waals surface area contributed by atoms with E-state index >= 15 is 0 Å². The molecule has 0 saturated carbocycles. The molecule has 0 heterocycles. The second kappa shape index (κ2) is 4.15. The molecule has 0 aromatic heterocycles. The Hall–Kier alpha value is -1.49. The normalized spacial score (nSPS) is 12.4. The van der Waals surface area contributed by atoms with Crippen LogP contribution in [0.2, 0.25) is 0 Å². The van der Waals surface area contributed by atoms with Crippen molar-refractivity contribution in [3.05, 3.63) is 23.8 Å². The standard InChI is InChI=1S/C9H12BNO3/c10-6-3-5(1-2-8(6)12)4-7(11)9(13)14/h1-3,7,12H,4,10-11H2,(H,13,14). The monoisotopic (exact) mass is 193 g/mol. The van der Waals surface area contributed by atoms with Gasteiger partial charge in [0.05, 0.1) is 0 Å². The zero-order chi connectivity index (χ0) is 10.7. The van der Waals surface area contributed by atoms with Crippen LogP contribution in [-0.2, 0) is 11.2 Å². The number of carbonyl (C=O) groups is 1. The van der Waals surface area contributed by atoms with Gasteiger partial charge < -0.3 is 15.9 Å². The smallest absolute Gasteiger partial charge is 0.320 e. The van der Waals surface area contributed by atoms with Gasteiger partial charge in [-0.15, -0.1) is 0 Å². The molecule has 0 spiro atoms. The molecule has 5 heteroatoms. The highest BCUT2D eigenvalue weighted by molar-refractivity contribution is 6.34. The summed E-state index contributed by atoms with van der Waals surface area (Å²) >= 11 is 0. The number of aliphatic carboxylic acids is 1. The number of nitrogens with two attached hydrogens (primary N) is 1. The van der Waals surface area contributed by atoms with Gasteiger partial charge in [-0.25, -0.2) is 0 Å². The maximum absolute atomic E-state index is 10.5. The van der Waals surface area contributed by atoms with E-state index < -0.39 is 12.0 Å². The van der Waals surface area contributed by atoms with Gasteiger partial charge in [0.15, 0.2) is 0 Å². The molecule has 1 aromatic rings. The first-order chi connectivity index (χ1) is 6.50. The summed E-state index contributed by atoms with van der Waals surface area (Å²) in [6.45, 7) is 0. The Balaban J connectivity index is 2.78. The van der Waals surface area contributed by atoms with Crippen molar-refractivity contribution >= 4 is 19.3 Å². The van der Waals surface area contributed by atoms with Gasteiger partial charge in [-0.05, 0) is 23.5 Å². The quantitative estimate of drug-likeness (QED) is 0.515. The summed E-state index contributed by atoms with van der Waals surface area (Å²) in [4.78, 5) is 10.5. The van der Waals surface area contributed by atoms with Crippen LogP contribution in [0.25, 0.3) is 0 Å². The molecule has 0 fully saturated rings. The lowest BCUT2D eigenvalue weighted by atomic mass is 9.91. The topological polar surface area (TPSA) is 83.6 Å². The van der Waals surface area contributed by atoms with E-state index in [9.17, 15) is 9.90 Å². The van der Waals surface area contributed by atoms with Crippen molar-refractivity contribution < 1.29 is 15.0 Å². The minimum absolute atomic E-state index is 0.206. The van der Waals surface area contributed by atoms with Gasteiger partial charge in [-0.1, -0.05) is 12.1 Å². The Labute approximate surface area is 82.8 Å². The molecule has 0 radical (unpaired) electrons. The lowest BCUT2D eigenvalue weighted by Crippen LogP contribution is -2.32. The van der Waals surface area contributed by atoms with Crippen LogP contribution in [0.5, 0.6) is 5.75 Å². The molecule has 0 bridgehead atoms. The number of phenols is 1. The third kappa shape index (κ3) is 2.50. The highest BCUT2D eigenvalue weighted by Crippen LogP contribution is 2.07. The Bertz CT molecular complexity index is 354. The van der Waals surface area contributed by atoms with Crippen LogP contribution in [0.4, 0.5) is 0 Å². The summed E-state index contributed by atoms with van der Waals surface area (Å²) in [5, 5.41) is 17.8. The molecule has 4 nitrogen and oxygen atoms in total. The molecule has 1 rings (SSSR count). The van der Waals surface area contributed by atoms with Crippen molar-refractivity contribution in [3.63, 3.8) is 0 Å². The Morgan fingerprint density at radius 3 is 2.71 bits per heavy atom. The fraction of sp³-hybridized carbons (Fsp3) is 0.222. The van der Waals surface area contributed by atoms with Gasteiger partial charge in [0, 0.05) is 0 Å². The van der Waals surface area contributed by atoms with Crippen LogP contribution in [0.3, 0.4) is 0 Å². The molecule has 0 saturated heterocycles. The first-order valence-corrected chi connectivity index (χ1v) is 4.27. The maximum Gasteiger partial charge on any atom is 0.320 e. The number of aromatic hydroxyl groups is 1. The summed E-state index contributed by atoms with van der Waals surface area (Å²) in [6.07, 6.45) is 0.274. The van der Waals surface area contributed by atoms with E-state index in [-0.39, 0.29) is 12.2 Å². The van der Waals surface area contributed by atoms with Crippen LogP contribution >= 0.6 is 0 Å². The van der Waals surface area contributed by atoms with E-state index in [0.717, 1.165) is 11.0 Å². The van der Waals surface area contributed by atoms with E-state index in [1.807, 2.05) is 0 Å². The molecule has 14 heavy (non-hydrogen) atoms. The Morgan fingerprint density at radius 1 is 1.57 bits per heavy atom. The number of carboxylic acid groups (broad SMARTS) is 1. The molecule has 0 aliphatic rings. The molecule has 1 aromatic carbocycles. The first kappa shape index (κ1) is 10.6. The molecular weight excluding hydrogens is 181 g/mol. The average Bonchev–Trinajstić information content (AvgIpc) is 2.11. The van der Waals surface area contributed by atoms with Crippen LogP contribution in [0.15, 0.2) is 18.2 Å². The van der Waals surface area contributed by atoms with Crippen molar-refractivity contribution in [2.45, 2.75) is 12.5 Å². The number of hydrogen-bond donors (Lipinski definition) is 3. The number of rotatable bonds is 3. The van der Waals surface area contributed by atoms with E-state index in [2.05, 4.69) is 0 Å². The third-order valence-corrected chi connectivity index (χ3v) is 2.03. The Kier molecular flexibility index (Phi) is 3.14. The maximum atomic E-state index is 10.5. The van der Waals surface area contributed by atoms with Gasteiger partial charge in [-0.2, -0.15) is 0 Å². The van der Waals surface area contributed by atoms with Crippen LogP contribution in [0.1, 0.15) is 5.56 Å². The molecule has 4 N–H and O–H groups in total. The van der Waals surface area contributed by atoms with Crippen molar-refractivity contribution in [3.8, 4) is 5.75 Å². The van der Waals surface area contributed by atoms with Crippen molar-refractivity contribution in [1.29, 1.82) is 0 Å². The molecule has 1 atom stereocenters. The second-order valence-electron chi connectivity index (χ2n) is 3.27. The van der Waals surface area contributed by atoms with Crippen molar-refractivity contribution in [2.75, 3.05) is 0 Å². The second-order valence-corrected chi connectivity index (χ2v) is 3.27.